The van der Waals surface area contributed by atoms with Crippen molar-refractivity contribution < 1.29 is 18.7 Å². The van der Waals surface area contributed by atoms with Gasteiger partial charge in [-0.2, -0.15) is 0 Å². The summed E-state index contributed by atoms with van der Waals surface area (Å²) in [7, 11) is 0.780. The molecule has 1 fully saturated rings. The van der Waals surface area contributed by atoms with Gasteiger partial charge in [-0.25, -0.2) is 8.78 Å². The minimum Gasteiger partial charge on any atom is -0.489 e. The van der Waals surface area contributed by atoms with Gasteiger partial charge in [0.1, 0.15) is 0 Å². The van der Waals surface area contributed by atoms with Crippen molar-refractivity contribution in [1.29, 1.82) is 0 Å². The zero-order valence-corrected chi connectivity index (χ0v) is 10.3. The third kappa shape index (κ3) is 2.09. The molecule has 4 nitrogen and oxygen atoms in total. The molecule has 2 aromatic rings. The molecule has 1 heterocycles. The van der Waals surface area contributed by atoms with E-state index in [0.717, 1.165) is 32.3 Å². The first-order valence-corrected chi connectivity index (χ1v) is 6.09. The number of aromatic nitrogens is 1. The second-order valence-electron chi connectivity index (χ2n) is 4.82. The highest BCUT2D eigenvalue weighted by atomic mass is 19.2. The first kappa shape index (κ1) is 12.8. The lowest BCUT2D eigenvalue weighted by Gasteiger charge is -2.12. The fraction of sp³-hybridized carbons (Fsp3) is 0.231. The summed E-state index contributed by atoms with van der Waals surface area (Å²) in [5, 5.41) is 8.76. The molecule has 7 heteroatoms. The number of nitrogens with zero attached hydrogens (tertiary/aromatic N) is 1. The van der Waals surface area contributed by atoms with E-state index in [4.69, 9.17) is 5.11 Å². The van der Waals surface area contributed by atoms with E-state index in [0.29, 0.717) is 5.52 Å². The Hall–Kier alpha value is -2.18. The van der Waals surface area contributed by atoms with Gasteiger partial charge in [0.15, 0.2) is 17.1 Å². The van der Waals surface area contributed by atoms with Crippen LogP contribution in [0.1, 0.15) is 18.9 Å². The van der Waals surface area contributed by atoms with E-state index in [9.17, 15) is 18.4 Å². The van der Waals surface area contributed by atoms with E-state index in [1.165, 1.54) is 6.20 Å². The Balaban J connectivity index is 2.33. The predicted octanol–water partition coefficient (Wildman–Crippen LogP) is 1.62. The molecule has 0 amide bonds. The molecule has 0 atom stereocenters. The third-order valence-corrected chi connectivity index (χ3v) is 3.32. The Bertz CT molecular complexity index is 783. The Morgan fingerprint density at radius 1 is 1.30 bits per heavy atom. The van der Waals surface area contributed by atoms with Crippen molar-refractivity contribution in [2.75, 3.05) is 0 Å². The molecule has 1 saturated carbocycles. The first-order chi connectivity index (χ1) is 9.47. The van der Waals surface area contributed by atoms with E-state index in [-0.39, 0.29) is 16.9 Å². The molecule has 20 heavy (non-hydrogen) atoms. The molecule has 101 valence electrons. The van der Waals surface area contributed by atoms with Gasteiger partial charge in [-0.05, 0) is 24.4 Å². The van der Waals surface area contributed by atoms with Gasteiger partial charge >= 0.3 is 7.28 Å². The first-order valence-electron chi connectivity index (χ1n) is 6.09. The molecule has 1 N–H and O–H groups in total. The highest BCUT2D eigenvalue weighted by Crippen LogP contribution is 2.36. The minimum atomic E-state index is -1.26. The van der Waals surface area contributed by atoms with Crippen LogP contribution in [0.3, 0.4) is 0 Å². The smallest absolute Gasteiger partial charge is 0.305 e. The molecule has 0 bridgehead atoms. The molecule has 1 aliphatic carbocycles. The number of hydrogen-bond acceptors (Lipinski definition) is 2. The van der Waals surface area contributed by atoms with Gasteiger partial charge < -0.3 is 9.67 Å². The SMILES string of the molecule is O=C(O)[B]c1cn(C2CC2)c2cc(F)c(F)cc2c1=O. The van der Waals surface area contributed by atoms with E-state index < -0.39 is 22.9 Å². The van der Waals surface area contributed by atoms with Crippen LogP contribution in [0.15, 0.2) is 23.1 Å². The summed E-state index contributed by atoms with van der Waals surface area (Å²) in [4.78, 5) is 22.9. The molecule has 1 aromatic heterocycles. The Kier molecular flexibility index (Phi) is 2.85. The number of fused-ring (bicyclic) bond motifs is 1. The lowest BCUT2D eigenvalue weighted by Crippen LogP contribution is -2.37. The molecule has 1 aromatic carbocycles. The molecule has 1 radical (unpaired) electrons. The van der Waals surface area contributed by atoms with Crippen LogP contribution in [0.2, 0.25) is 0 Å². The van der Waals surface area contributed by atoms with Crippen LogP contribution in [0, 0.1) is 11.6 Å². The summed E-state index contributed by atoms with van der Waals surface area (Å²) >= 11 is 0. The van der Waals surface area contributed by atoms with Crippen LogP contribution in [0.5, 0.6) is 0 Å². The fourth-order valence-corrected chi connectivity index (χ4v) is 2.26. The second-order valence-corrected chi connectivity index (χ2v) is 4.82. The van der Waals surface area contributed by atoms with E-state index in [1.807, 2.05) is 0 Å². The Labute approximate surface area is 112 Å². The summed E-state index contributed by atoms with van der Waals surface area (Å²) in [6.45, 7) is 0. The minimum absolute atomic E-state index is 0.00852. The zero-order valence-electron chi connectivity index (χ0n) is 10.3. The van der Waals surface area contributed by atoms with Crippen molar-refractivity contribution >= 4 is 29.5 Å². The van der Waals surface area contributed by atoms with Crippen LogP contribution in [0.25, 0.3) is 10.9 Å². The van der Waals surface area contributed by atoms with Crippen molar-refractivity contribution in [1.82, 2.24) is 4.57 Å². The Morgan fingerprint density at radius 2 is 1.95 bits per heavy atom. The van der Waals surface area contributed by atoms with Gasteiger partial charge in [0.05, 0.1) is 5.52 Å². The third-order valence-electron chi connectivity index (χ3n) is 3.32. The number of halogens is 2. The van der Waals surface area contributed by atoms with Gasteiger partial charge in [-0.1, -0.05) is 0 Å². The molecule has 0 aliphatic heterocycles. The van der Waals surface area contributed by atoms with Gasteiger partial charge in [-0.15, -0.1) is 0 Å². The average molecular weight is 276 g/mol. The molecule has 1 aliphatic rings. The van der Waals surface area contributed by atoms with Crippen molar-refractivity contribution in [3.8, 4) is 0 Å². The van der Waals surface area contributed by atoms with Crippen LogP contribution in [-0.4, -0.2) is 22.8 Å². The summed E-state index contributed by atoms with van der Waals surface area (Å²) in [6, 6.07) is 1.91. The highest BCUT2D eigenvalue weighted by molar-refractivity contribution is 6.82. The van der Waals surface area contributed by atoms with Crippen LogP contribution in [0.4, 0.5) is 13.6 Å². The lowest BCUT2D eigenvalue weighted by molar-refractivity contribution is 0.220. The van der Waals surface area contributed by atoms with Crippen LogP contribution in [-0.2, 0) is 0 Å². The summed E-state index contributed by atoms with van der Waals surface area (Å²) in [5.74, 6) is -3.41. The Morgan fingerprint density at radius 3 is 2.55 bits per heavy atom. The maximum atomic E-state index is 13.4. The predicted molar refractivity (Wildman–Crippen MR) is 69.8 cm³/mol. The summed E-state index contributed by atoms with van der Waals surface area (Å²) in [5.41, 5.74) is -0.361. The number of benzene rings is 1. The van der Waals surface area contributed by atoms with Gasteiger partial charge in [-0.3, -0.25) is 9.59 Å². The number of pyridine rings is 1. The molecule has 0 unspecified atom stereocenters. The summed E-state index contributed by atoms with van der Waals surface area (Å²) < 4.78 is 28.3. The molecule has 3 rings (SSSR count). The molecule has 0 spiro atoms. The van der Waals surface area contributed by atoms with Crippen molar-refractivity contribution in [2.24, 2.45) is 0 Å². The molecular formula is C13H9BF2NO3. The van der Waals surface area contributed by atoms with Gasteiger partial charge in [0, 0.05) is 23.7 Å². The second kappa shape index (κ2) is 4.43. The normalized spacial score (nSPS) is 14.5. The van der Waals surface area contributed by atoms with E-state index in [1.54, 1.807) is 4.57 Å². The van der Waals surface area contributed by atoms with Gasteiger partial charge in [0.25, 0.3) is 0 Å². The van der Waals surface area contributed by atoms with Crippen molar-refractivity contribution in [3.63, 3.8) is 0 Å². The van der Waals surface area contributed by atoms with E-state index >= 15 is 0 Å². The fourth-order valence-electron chi connectivity index (χ4n) is 2.26. The highest BCUT2D eigenvalue weighted by Gasteiger charge is 2.26. The zero-order chi connectivity index (χ0) is 14.4. The largest absolute Gasteiger partial charge is 0.489 e. The maximum Gasteiger partial charge on any atom is 0.305 e. The molecular weight excluding hydrogens is 267 g/mol. The van der Waals surface area contributed by atoms with Crippen molar-refractivity contribution in [3.05, 3.63) is 40.2 Å². The number of hydrogen-bond donors (Lipinski definition) is 1. The quantitative estimate of drug-likeness (QED) is 0.866. The van der Waals surface area contributed by atoms with Crippen LogP contribution >= 0.6 is 0 Å². The molecule has 0 saturated heterocycles. The number of carbonyl (C=O) groups is 1. The lowest BCUT2D eigenvalue weighted by atomic mass is 9.71. The topological polar surface area (TPSA) is 59.3 Å². The summed E-state index contributed by atoms with van der Waals surface area (Å²) in [6.07, 6.45) is 3.13. The maximum absolute atomic E-state index is 13.4. The average Bonchev–Trinajstić information content (AvgIpc) is 3.19. The monoisotopic (exact) mass is 276 g/mol. The van der Waals surface area contributed by atoms with Crippen molar-refractivity contribution in [2.45, 2.75) is 18.9 Å². The number of carboxylic acid groups (broad SMARTS) is 1. The number of rotatable bonds is 3. The van der Waals surface area contributed by atoms with Crippen LogP contribution < -0.4 is 10.9 Å². The standard InChI is InChI=1S/C13H9BF2NO3/c15-9-3-7-11(4-10(9)16)17(6-1-2-6)5-8(12(7)18)14-13(19)20/h3-6H,1-2H2,(H,19,20). The van der Waals surface area contributed by atoms with E-state index in [2.05, 4.69) is 0 Å². The van der Waals surface area contributed by atoms with Gasteiger partial charge in [0.2, 0.25) is 5.87 Å².